The first-order chi connectivity index (χ1) is 8.72. The Morgan fingerprint density at radius 2 is 1.83 bits per heavy atom. The second kappa shape index (κ2) is 8.73. The molecule has 0 aromatic heterocycles. The van der Waals surface area contributed by atoms with Crippen molar-refractivity contribution in [1.82, 2.24) is 5.32 Å². The molecule has 2 rings (SSSR count). The molecule has 1 N–H and O–H groups in total. The largest absolute Gasteiger partial charge is 0.355 e. The maximum atomic E-state index is 11.4. The molecule has 1 amide bonds. The highest BCUT2D eigenvalue weighted by Gasteiger charge is 2.19. The molecule has 0 radical (unpaired) electrons. The summed E-state index contributed by atoms with van der Waals surface area (Å²) in [6.45, 7) is 10.2. The van der Waals surface area contributed by atoms with E-state index in [1.165, 1.54) is 17.5 Å². The van der Waals surface area contributed by atoms with Crippen molar-refractivity contribution >= 4 is 5.91 Å². The van der Waals surface area contributed by atoms with Crippen LogP contribution >= 0.6 is 0 Å². The third kappa shape index (κ3) is 3.86. The van der Waals surface area contributed by atoms with Crippen LogP contribution in [0.2, 0.25) is 0 Å². The van der Waals surface area contributed by atoms with E-state index in [0.717, 1.165) is 12.0 Å². The van der Waals surface area contributed by atoms with Crippen LogP contribution in [0.15, 0.2) is 18.2 Å². The second-order valence-corrected chi connectivity index (χ2v) is 3.93. The first kappa shape index (κ1) is 16.7. The zero-order chi connectivity index (χ0) is 14.1. The number of nitrogens with one attached hydrogen (secondary N) is 1. The number of carbonyl (C=O) groups excluding carboxylic acids is 1. The number of rotatable bonds is 1. The van der Waals surface area contributed by atoms with E-state index in [9.17, 15) is 4.79 Å². The minimum atomic E-state index is 0.00639. The predicted octanol–water partition coefficient (Wildman–Crippen LogP) is 4.15. The fourth-order valence-corrected chi connectivity index (χ4v) is 2.09. The summed E-state index contributed by atoms with van der Waals surface area (Å²) in [5.74, 6) is 0.613. The number of carbonyl (C=O) groups is 1. The lowest BCUT2D eigenvalue weighted by molar-refractivity contribution is 0.0963. The lowest BCUT2D eigenvalue weighted by Crippen LogP contribution is -2.17. The van der Waals surface area contributed by atoms with Crippen LogP contribution in [0, 0.1) is 0 Å². The predicted molar refractivity (Wildman–Crippen MR) is 79.3 cm³/mol. The van der Waals surface area contributed by atoms with Crippen molar-refractivity contribution in [3.63, 3.8) is 0 Å². The van der Waals surface area contributed by atoms with Crippen LogP contribution in [0.25, 0.3) is 0 Å². The van der Waals surface area contributed by atoms with Gasteiger partial charge in [0.1, 0.15) is 0 Å². The molecule has 1 unspecified atom stereocenters. The van der Waals surface area contributed by atoms with Gasteiger partial charge in [0.25, 0.3) is 5.91 Å². The maximum absolute atomic E-state index is 11.4. The second-order valence-electron chi connectivity index (χ2n) is 3.93. The number of hydrogen-bond donors (Lipinski definition) is 1. The fourth-order valence-electron chi connectivity index (χ4n) is 2.09. The first-order valence-corrected chi connectivity index (χ1v) is 7.07. The van der Waals surface area contributed by atoms with Gasteiger partial charge in [-0.05, 0) is 42.0 Å². The molecule has 0 spiro atoms. The summed E-state index contributed by atoms with van der Waals surface area (Å²) in [6.07, 6.45) is 2.37. The number of aryl methyl sites for hydroxylation is 1. The topological polar surface area (TPSA) is 29.1 Å². The monoisotopic (exact) mass is 249 g/mol. The summed E-state index contributed by atoms with van der Waals surface area (Å²) < 4.78 is 0. The molecular weight excluding hydrogens is 222 g/mol. The highest BCUT2D eigenvalue weighted by molar-refractivity contribution is 5.94. The van der Waals surface area contributed by atoms with E-state index in [-0.39, 0.29) is 5.91 Å². The van der Waals surface area contributed by atoms with Gasteiger partial charge in [0, 0.05) is 12.6 Å². The van der Waals surface area contributed by atoms with Crippen LogP contribution < -0.4 is 5.32 Å². The quantitative estimate of drug-likeness (QED) is 0.796. The number of benzene rings is 1. The summed E-state index contributed by atoms with van der Waals surface area (Å²) in [7, 11) is 1.67. The van der Waals surface area contributed by atoms with Crippen LogP contribution in [0.3, 0.4) is 0 Å². The van der Waals surface area contributed by atoms with Crippen LogP contribution in [-0.2, 0) is 6.42 Å². The SMILES string of the molecule is CC.CC.CNC(=O)c1ccc2c(c1)C(C)CC2. The van der Waals surface area contributed by atoms with Gasteiger partial charge in [0.2, 0.25) is 0 Å². The van der Waals surface area contributed by atoms with E-state index < -0.39 is 0 Å². The molecule has 102 valence electrons. The van der Waals surface area contributed by atoms with Crippen molar-refractivity contribution in [2.24, 2.45) is 0 Å². The third-order valence-corrected chi connectivity index (χ3v) is 3.01. The van der Waals surface area contributed by atoms with Gasteiger partial charge in [0.05, 0.1) is 0 Å². The Labute approximate surface area is 112 Å². The van der Waals surface area contributed by atoms with Crippen molar-refractivity contribution < 1.29 is 4.79 Å². The average Bonchev–Trinajstić information content (AvgIpc) is 2.83. The van der Waals surface area contributed by atoms with Gasteiger partial charge in [-0.1, -0.05) is 40.7 Å². The van der Waals surface area contributed by atoms with E-state index in [1.807, 2.05) is 39.8 Å². The Hall–Kier alpha value is -1.31. The van der Waals surface area contributed by atoms with Crippen molar-refractivity contribution in [2.75, 3.05) is 7.05 Å². The third-order valence-electron chi connectivity index (χ3n) is 3.01. The van der Waals surface area contributed by atoms with Crippen LogP contribution in [0.1, 0.15) is 68.4 Å². The molecule has 1 aliphatic rings. The molecular formula is C16H27NO. The molecule has 0 heterocycles. The Kier molecular flexibility index (Phi) is 8.10. The Morgan fingerprint density at radius 3 is 2.39 bits per heavy atom. The van der Waals surface area contributed by atoms with Crippen molar-refractivity contribution in [2.45, 2.75) is 53.4 Å². The highest BCUT2D eigenvalue weighted by Crippen LogP contribution is 2.32. The highest BCUT2D eigenvalue weighted by atomic mass is 16.1. The molecule has 1 atom stereocenters. The number of hydrogen-bond acceptors (Lipinski definition) is 1. The molecule has 2 nitrogen and oxygen atoms in total. The lowest BCUT2D eigenvalue weighted by atomic mass is 10.0. The van der Waals surface area contributed by atoms with Crippen LogP contribution in [0.5, 0.6) is 0 Å². The van der Waals surface area contributed by atoms with Gasteiger partial charge in [0.15, 0.2) is 0 Å². The smallest absolute Gasteiger partial charge is 0.251 e. The Balaban J connectivity index is 0.000000659. The molecule has 1 aromatic carbocycles. The normalized spacial score (nSPS) is 15.6. The van der Waals surface area contributed by atoms with E-state index >= 15 is 0 Å². The minimum absolute atomic E-state index is 0.00639. The zero-order valence-electron chi connectivity index (χ0n) is 12.6. The van der Waals surface area contributed by atoms with Gasteiger partial charge in [-0.15, -0.1) is 0 Å². The zero-order valence-corrected chi connectivity index (χ0v) is 12.6. The fraction of sp³-hybridized carbons (Fsp3) is 0.562. The summed E-state index contributed by atoms with van der Waals surface area (Å²) in [6, 6.07) is 6.03. The van der Waals surface area contributed by atoms with E-state index in [1.54, 1.807) is 7.05 Å². The van der Waals surface area contributed by atoms with E-state index in [2.05, 4.69) is 18.3 Å². The summed E-state index contributed by atoms with van der Waals surface area (Å²) in [5.41, 5.74) is 3.54. The summed E-state index contributed by atoms with van der Waals surface area (Å²) >= 11 is 0. The summed E-state index contributed by atoms with van der Waals surface area (Å²) in [4.78, 5) is 11.4. The molecule has 2 heteroatoms. The van der Waals surface area contributed by atoms with E-state index in [0.29, 0.717) is 5.92 Å². The Morgan fingerprint density at radius 1 is 1.22 bits per heavy atom. The minimum Gasteiger partial charge on any atom is -0.355 e. The van der Waals surface area contributed by atoms with Crippen molar-refractivity contribution in [1.29, 1.82) is 0 Å². The van der Waals surface area contributed by atoms with Gasteiger partial charge in [-0.2, -0.15) is 0 Å². The summed E-state index contributed by atoms with van der Waals surface area (Å²) in [5, 5.41) is 2.65. The first-order valence-electron chi connectivity index (χ1n) is 7.07. The lowest BCUT2D eigenvalue weighted by Gasteiger charge is -2.06. The molecule has 1 aromatic rings. The van der Waals surface area contributed by atoms with Gasteiger partial charge >= 0.3 is 0 Å². The molecule has 0 saturated carbocycles. The molecule has 1 aliphatic carbocycles. The van der Waals surface area contributed by atoms with Crippen LogP contribution in [-0.4, -0.2) is 13.0 Å². The molecule has 0 saturated heterocycles. The van der Waals surface area contributed by atoms with Gasteiger partial charge < -0.3 is 5.32 Å². The van der Waals surface area contributed by atoms with Crippen LogP contribution in [0.4, 0.5) is 0 Å². The van der Waals surface area contributed by atoms with E-state index in [4.69, 9.17) is 0 Å². The number of amides is 1. The standard InChI is InChI=1S/C12H15NO.2C2H6/c1-8-3-4-9-5-6-10(7-11(8)9)12(14)13-2;2*1-2/h5-8H,3-4H2,1-2H3,(H,13,14);2*1-2H3. The molecule has 0 aliphatic heterocycles. The average molecular weight is 249 g/mol. The van der Waals surface area contributed by atoms with Crippen molar-refractivity contribution in [3.8, 4) is 0 Å². The molecule has 0 bridgehead atoms. The Bertz CT molecular complexity index is 371. The van der Waals surface area contributed by atoms with Gasteiger partial charge in [-0.25, -0.2) is 0 Å². The molecule has 0 fully saturated rings. The molecule has 18 heavy (non-hydrogen) atoms. The maximum Gasteiger partial charge on any atom is 0.251 e. The number of fused-ring (bicyclic) bond motifs is 1. The van der Waals surface area contributed by atoms with Crippen molar-refractivity contribution in [3.05, 3.63) is 34.9 Å². The van der Waals surface area contributed by atoms with Gasteiger partial charge in [-0.3, -0.25) is 4.79 Å².